The normalized spacial score (nSPS) is 16.1. The maximum atomic E-state index is 14.2. The monoisotopic (exact) mass is 846 g/mol. The fraction of sp³-hybridized carbons (Fsp3) is 0.239. The number of halogens is 2. The molecule has 2 aliphatic rings. The number of nitrogens with one attached hydrogen (secondary N) is 1. The number of carboxylic acid groups (broad SMARTS) is 1. The van der Waals surface area contributed by atoms with Gasteiger partial charge in [-0.05, 0) is 108 Å². The van der Waals surface area contributed by atoms with E-state index in [2.05, 4.69) is 15.5 Å². The summed E-state index contributed by atoms with van der Waals surface area (Å²) in [7, 11) is 0. The molecule has 0 aliphatic carbocycles. The highest BCUT2D eigenvalue weighted by atomic mass is 35.5. The number of aryl methyl sites for hydroxylation is 2. The molecule has 3 atom stereocenters. The van der Waals surface area contributed by atoms with Crippen LogP contribution < -0.4 is 19.5 Å². The molecule has 0 radical (unpaired) electrons. The van der Waals surface area contributed by atoms with Gasteiger partial charge in [-0.25, -0.2) is 4.79 Å². The van der Waals surface area contributed by atoms with E-state index in [1.165, 1.54) is 11.1 Å². The number of aliphatic carboxylic acids is 1. The van der Waals surface area contributed by atoms with E-state index in [-0.39, 0.29) is 31.6 Å². The molecule has 0 bridgehead atoms. The number of nitrogens with zero attached hydrogens (tertiary/aromatic N) is 3. The Balaban J connectivity index is 0.982. The van der Waals surface area contributed by atoms with Crippen LogP contribution in [0, 0.1) is 20.8 Å². The first-order chi connectivity index (χ1) is 28.9. The van der Waals surface area contributed by atoms with Gasteiger partial charge in [-0.2, -0.15) is 0 Å². The summed E-state index contributed by atoms with van der Waals surface area (Å²) in [6.45, 7) is 6.17. The van der Waals surface area contributed by atoms with E-state index in [0.717, 1.165) is 50.2 Å². The maximum absolute atomic E-state index is 14.2. The highest BCUT2D eigenvalue weighted by molar-refractivity contribution is 6.42. The zero-order chi connectivity index (χ0) is 42.1. The Labute approximate surface area is 356 Å². The minimum atomic E-state index is -1.26. The van der Waals surface area contributed by atoms with Crippen molar-refractivity contribution < 1.29 is 38.2 Å². The van der Waals surface area contributed by atoms with E-state index in [9.17, 15) is 19.5 Å². The number of fused-ring (bicyclic) bond motifs is 2. The molecule has 4 aromatic carbocycles. The van der Waals surface area contributed by atoms with E-state index < -0.39 is 36.0 Å². The summed E-state index contributed by atoms with van der Waals surface area (Å²) < 4.78 is 23.8. The molecule has 4 heterocycles. The minimum Gasteiger partial charge on any atom is -0.489 e. The van der Waals surface area contributed by atoms with Crippen molar-refractivity contribution >= 4 is 41.0 Å². The second kappa shape index (κ2) is 17.1. The van der Waals surface area contributed by atoms with Crippen LogP contribution in [0.15, 0.2) is 102 Å². The molecule has 14 heteroatoms. The Morgan fingerprint density at radius 3 is 2.38 bits per heavy atom. The lowest BCUT2D eigenvalue weighted by Crippen LogP contribution is -2.56. The molecule has 12 nitrogen and oxygen atoms in total. The van der Waals surface area contributed by atoms with E-state index in [0.29, 0.717) is 39.7 Å². The van der Waals surface area contributed by atoms with E-state index in [1.807, 2.05) is 86.6 Å². The van der Waals surface area contributed by atoms with Crippen LogP contribution in [0.1, 0.15) is 61.3 Å². The van der Waals surface area contributed by atoms with E-state index >= 15 is 0 Å². The Bertz CT molecular complexity index is 2600. The summed E-state index contributed by atoms with van der Waals surface area (Å²) in [5, 5.41) is 17.7. The number of rotatable bonds is 11. The van der Waals surface area contributed by atoms with Crippen LogP contribution in [-0.4, -0.2) is 56.6 Å². The minimum absolute atomic E-state index is 0.0338. The van der Waals surface area contributed by atoms with Crippen molar-refractivity contribution in [2.24, 2.45) is 0 Å². The third kappa shape index (κ3) is 8.52. The standard InChI is InChI=1S/C46H40Cl2N4O8/c1-25-26(2)49-15-14-35(25)30-7-4-28(5-8-30)17-39(46(55)56)51-44(53)40-18-32-19-41-42(20-33(32)22-52(40)45(54)36-21-50-60-27(36)3)59-43(24-58-41)31-9-11-34(12-10-31)57-23-29-6-13-37(47)38(48)16-29/h4-16,19-21,39-40,43H,17-18,22-24H2,1-3H3,(H,51,53)(H,55,56)/t39?,40-,43+/m0/s1. The first kappa shape index (κ1) is 40.4. The molecule has 0 saturated carbocycles. The second-order valence-corrected chi connectivity index (χ2v) is 15.7. The number of hydrogen-bond donors (Lipinski definition) is 2. The van der Waals surface area contributed by atoms with Crippen molar-refractivity contribution in [2.75, 3.05) is 6.61 Å². The average molecular weight is 848 g/mol. The summed E-state index contributed by atoms with van der Waals surface area (Å²) in [5.41, 5.74) is 8.22. The van der Waals surface area contributed by atoms with Gasteiger partial charge in [0.25, 0.3) is 5.91 Å². The molecule has 0 saturated heterocycles. The van der Waals surface area contributed by atoms with Crippen LogP contribution in [0.4, 0.5) is 0 Å². The third-order valence-corrected chi connectivity index (χ3v) is 11.8. The van der Waals surface area contributed by atoms with Crippen molar-refractivity contribution in [3.05, 3.63) is 158 Å². The third-order valence-electron chi connectivity index (χ3n) is 11.0. The zero-order valence-electron chi connectivity index (χ0n) is 32.9. The molecular formula is C46H40Cl2N4O8. The first-order valence-electron chi connectivity index (χ1n) is 19.3. The van der Waals surface area contributed by atoms with Crippen molar-refractivity contribution in [3.8, 4) is 28.4 Å². The van der Waals surface area contributed by atoms with Crippen molar-refractivity contribution in [2.45, 2.75) is 65.0 Å². The molecule has 8 rings (SSSR count). The highest BCUT2D eigenvalue weighted by Gasteiger charge is 2.39. The fourth-order valence-corrected chi connectivity index (χ4v) is 7.79. The molecule has 306 valence electrons. The zero-order valence-corrected chi connectivity index (χ0v) is 34.4. The van der Waals surface area contributed by atoms with Crippen molar-refractivity contribution in [1.82, 2.24) is 20.4 Å². The molecular weight excluding hydrogens is 807 g/mol. The molecule has 0 fully saturated rings. The lowest BCUT2D eigenvalue weighted by atomic mass is 9.91. The van der Waals surface area contributed by atoms with Gasteiger partial charge in [0.1, 0.15) is 42.4 Å². The van der Waals surface area contributed by atoms with Gasteiger partial charge in [-0.1, -0.05) is 70.8 Å². The number of ether oxygens (including phenoxy) is 3. The molecule has 2 N–H and O–H groups in total. The lowest BCUT2D eigenvalue weighted by Gasteiger charge is -2.37. The lowest BCUT2D eigenvalue weighted by molar-refractivity contribution is -0.142. The Morgan fingerprint density at radius 2 is 1.67 bits per heavy atom. The SMILES string of the molecule is Cc1nccc(-c2ccc(CC(NC(=O)[C@@H]3Cc4cc5c(cc4CN3C(=O)c3cnoc3C)O[C@@H](c3ccc(OCc4ccc(Cl)c(Cl)c4)cc3)CO5)C(=O)O)cc2)c1C. The number of hydrogen-bond acceptors (Lipinski definition) is 9. The first-order valence-corrected chi connectivity index (χ1v) is 20.1. The Kier molecular flexibility index (Phi) is 11.5. The van der Waals surface area contributed by atoms with Crippen LogP contribution >= 0.6 is 23.2 Å². The van der Waals surface area contributed by atoms with E-state index in [4.69, 9.17) is 41.9 Å². The number of carbonyl (C=O) groups excluding carboxylic acids is 2. The summed E-state index contributed by atoms with van der Waals surface area (Å²) in [4.78, 5) is 46.6. The molecule has 0 spiro atoms. The van der Waals surface area contributed by atoms with Crippen molar-refractivity contribution in [3.63, 3.8) is 0 Å². The van der Waals surface area contributed by atoms with Crippen LogP contribution in [0.2, 0.25) is 10.0 Å². The number of pyridine rings is 1. The van der Waals surface area contributed by atoms with E-state index in [1.54, 1.807) is 25.3 Å². The van der Waals surface area contributed by atoms with Gasteiger partial charge in [0.2, 0.25) is 5.91 Å². The maximum Gasteiger partial charge on any atom is 0.326 e. The van der Waals surface area contributed by atoms with Gasteiger partial charge in [0.15, 0.2) is 17.6 Å². The second-order valence-electron chi connectivity index (χ2n) is 14.9. The van der Waals surface area contributed by atoms with Gasteiger partial charge in [-0.15, -0.1) is 0 Å². The van der Waals surface area contributed by atoms with Crippen molar-refractivity contribution in [1.29, 1.82) is 0 Å². The average Bonchev–Trinajstić information content (AvgIpc) is 3.69. The Morgan fingerprint density at radius 1 is 0.917 bits per heavy atom. The van der Waals surface area contributed by atoms with Crippen LogP contribution in [0.3, 0.4) is 0 Å². The van der Waals surface area contributed by atoms with Gasteiger partial charge in [-0.3, -0.25) is 14.6 Å². The number of amides is 2. The highest BCUT2D eigenvalue weighted by Crippen LogP contribution is 2.41. The smallest absolute Gasteiger partial charge is 0.326 e. The number of carboxylic acids is 1. The Hall–Kier alpha value is -6.37. The number of carbonyl (C=O) groups is 3. The summed E-state index contributed by atoms with van der Waals surface area (Å²) >= 11 is 12.2. The predicted molar refractivity (Wildman–Crippen MR) is 224 cm³/mol. The number of aromatic nitrogens is 2. The molecule has 60 heavy (non-hydrogen) atoms. The predicted octanol–water partition coefficient (Wildman–Crippen LogP) is 8.44. The van der Waals surface area contributed by atoms with Gasteiger partial charge in [0, 0.05) is 31.3 Å². The number of benzene rings is 4. The summed E-state index contributed by atoms with van der Waals surface area (Å²) in [6.07, 6.45) is 2.79. The summed E-state index contributed by atoms with van der Waals surface area (Å²) in [6, 6.07) is 23.8. The summed E-state index contributed by atoms with van der Waals surface area (Å²) in [5.74, 6) is -0.316. The van der Waals surface area contributed by atoms with Gasteiger partial charge in [0.05, 0.1) is 16.2 Å². The molecule has 2 aromatic heterocycles. The van der Waals surface area contributed by atoms with Crippen LogP contribution in [0.5, 0.6) is 17.2 Å². The molecule has 2 aliphatic heterocycles. The fourth-order valence-electron chi connectivity index (χ4n) is 7.47. The molecule has 6 aromatic rings. The van der Waals surface area contributed by atoms with Gasteiger partial charge >= 0.3 is 5.97 Å². The molecule has 1 unspecified atom stereocenters. The largest absolute Gasteiger partial charge is 0.489 e. The topological polar surface area (TPSA) is 153 Å². The van der Waals surface area contributed by atoms with Crippen LogP contribution in [0.25, 0.3) is 11.1 Å². The van der Waals surface area contributed by atoms with Crippen LogP contribution in [-0.2, 0) is 35.6 Å². The molecule has 2 amide bonds. The quantitative estimate of drug-likeness (QED) is 0.130. The van der Waals surface area contributed by atoms with Gasteiger partial charge < -0.3 is 34.1 Å².